The molecule has 180 valence electrons. The Kier molecular flexibility index (Phi) is 6.55. The van der Waals surface area contributed by atoms with E-state index in [1.165, 1.54) is 41.3 Å². The van der Waals surface area contributed by atoms with Crippen LogP contribution in [0.2, 0.25) is 5.02 Å². The molecule has 9 nitrogen and oxygen atoms in total. The van der Waals surface area contributed by atoms with Crippen LogP contribution in [0.4, 0.5) is 0 Å². The number of carbonyl (C=O) groups excluding carboxylic acids is 2. The summed E-state index contributed by atoms with van der Waals surface area (Å²) in [7, 11) is -2.80. The van der Waals surface area contributed by atoms with Crippen molar-refractivity contribution < 1.29 is 22.7 Å². The van der Waals surface area contributed by atoms with Gasteiger partial charge in [-0.3, -0.25) is 19.5 Å². The molecule has 0 aliphatic carbocycles. The highest BCUT2D eigenvalue weighted by molar-refractivity contribution is 7.89. The Balaban J connectivity index is 1.83. The van der Waals surface area contributed by atoms with E-state index < -0.39 is 16.1 Å². The molecule has 2 aliphatic heterocycles. The molecule has 0 N–H and O–H groups in total. The first kappa shape index (κ1) is 24.0. The number of aromatic nitrogens is 1. The van der Waals surface area contributed by atoms with Gasteiger partial charge in [-0.1, -0.05) is 11.6 Å². The highest BCUT2D eigenvalue weighted by atomic mass is 35.5. The van der Waals surface area contributed by atoms with Crippen LogP contribution in [0.15, 0.2) is 59.6 Å². The number of pyridine rings is 1. The second-order valence-corrected chi connectivity index (χ2v) is 10.6. The lowest BCUT2D eigenvalue weighted by molar-refractivity contribution is -0.148. The third-order valence-corrected chi connectivity index (χ3v) is 7.89. The lowest BCUT2D eigenvalue weighted by Gasteiger charge is -2.46. The van der Waals surface area contributed by atoms with Crippen molar-refractivity contribution in [1.82, 2.24) is 19.1 Å². The Bertz CT molecular complexity index is 1250. The van der Waals surface area contributed by atoms with Crippen LogP contribution in [0.5, 0.6) is 5.75 Å². The molecule has 1 saturated heterocycles. The molecule has 0 spiro atoms. The molecule has 2 aromatic rings. The van der Waals surface area contributed by atoms with Crippen molar-refractivity contribution >= 4 is 33.4 Å². The number of amides is 2. The summed E-state index contributed by atoms with van der Waals surface area (Å²) in [4.78, 5) is 33.2. The zero-order valence-corrected chi connectivity index (χ0v) is 20.6. The van der Waals surface area contributed by atoms with Gasteiger partial charge in [-0.2, -0.15) is 0 Å². The molecular formula is C23H25ClN4O5S. The number of hydrogen-bond acceptors (Lipinski definition) is 6. The zero-order valence-electron chi connectivity index (χ0n) is 19.0. The average molecular weight is 505 g/mol. The first-order valence-corrected chi connectivity index (χ1v) is 12.6. The average Bonchev–Trinajstić information content (AvgIpc) is 2.81. The highest BCUT2D eigenvalue weighted by Crippen LogP contribution is 2.37. The summed E-state index contributed by atoms with van der Waals surface area (Å²) >= 11 is 6.10. The van der Waals surface area contributed by atoms with Gasteiger partial charge in [0.2, 0.25) is 11.8 Å². The summed E-state index contributed by atoms with van der Waals surface area (Å²) in [6.45, 7) is 3.59. The third-order valence-electron chi connectivity index (χ3n) is 5.83. The second-order valence-electron chi connectivity index (χ2n) is 8.29. The lowest BCUT2D eigenvalue weighted by atomic mass is 10.0. The Labute approximate surface area is 203 Å². The van der Waals surface area contributed by atoms with E-state index >= 15 is 0 Å². The van der Waals surface area contributed by atoms with Crippen molar-refractivity contribution in [2.45, 2.75) is 43.7 Å². The van der Waals surface area contributed by atoms with E-state index in [1.54, 1.807) is 24.5 Å². The third kappa shape index (κ3) is 4.23. The largest absolute Gasteiger partial charge is 0.495 e. The molecule has 0 saturated carbocycles. The van der Waals surface area contributed by atoms with E-state index in [-0.39, 0.29) is 58.7 Å². The molecule has 0 bridgehead atoms. The van der Waals surface area contributed by atoms with Crippen LogP contribution in [-0.2, 0) is 26.0 Å². The molecule has 1 unspecified atom stereocenters. The van der Waals surface area contributed by atoms with Crippen LogP contribution < -0.4 is 4.74 Å². The maximum Gasteiger partial charge on any atom is 0.269 e. The minimum Gasteiger partial charge on any atom is -0.495 e. The Morgan fingerprint density at radius 1 is 1.18 bits per heavy atom. The Hall–Kier alpha value is -3.11. The topological polar surface area (TPSA) is 100 Å². The predicted molar refractivity (Wildman–Crippen MR) is 125 cm³/mol. The molecule has 2 amide bonds. The summed E-state index contributed by atoms with van der Waals surface area (Å²) in [5, 5.41) is 0.233. The second kappa shape index (κ2) is 9.27. The molecule has 3 heterocycles. The van der Waals surface area contributed by atoms with Gasteiger partial charge in [-0.25, -0.2) is 12.7 Å². The van der Waals surface area contributed by atoms with Gasteiger partial charge in [0, 0.05) is 49.0 Å². The van der Waals surface area contributed by atoms with Crippen molar-refractivity contribution in [3.8, 4) is 5.75 Å². The van der Waals surface area contributed by atoms with Crippen LogP contribution >= 0.6 is 11.6 Å². The number of rotatable bonds is 6. The molecule has 1 atom stereocenters. The van der Waals surface area contributed by atoms with Crippen LogP contribution in [0.3, 0.4) is 0 Å². The van der Waals surface area contributed by atoms with Crippen LogP contribution in [0.25, 0.3) is 0 Å². The van der Waals surface area contributed by atoms with Crippen molar-refractivity contribution in [2.24, 2.45) is 0 Å². The molecular weight excluding hydrogens is 480 g/mol. The van der Waals surface area contributed by atoms with Crippen LogP contribution in [0.1, 0.15) is 25.8 Å². The van der Waals surface area contributed by atoms with Gasteiger partial charge in [-0.15, -0.1) is 0 Å². The maximum atomic E-state index is 13.8. The van der Waals surface area contributed by atoms with E-state index in [4.69, 9.17) is 16.3 Å². The molecule has 11 heteroatoms. The first-order chi connectivity index (χ1) is 16.1. The van der Waals surface area contributed by atoms with Gasteiger partial charge in [0.1, 0.15) is 22.5 Å². The van der Waals surface area contributed by atoms with E-state index in [0.29, 0.717) is 0 Å². The van der Waals surface area contributed by atoms with Gasteiger partial charge in [0.15, 0.2) is 0 Å². The number of benzene rings is 1. The maximum absolute atomic E-state index is 13.8. The number of sulfonamides is 1. The SMILES string of the molecule is COc1ccc(Cl)cc1S(=O)(=O)N1CCC(=O)N2C1=CN(C(C)C)C(=O)C2Cc1ccncc1. The number of methoxy groups -OCH3 is 1. The monoisotopic (exact) mass is 504 g/mol. The first-order valence-electron chi connectivity index (χ1n) is 10.8. The number of halogens is 1. The molecule has 1 aromatic heterocycles. The molecule has 2 aliphatic rings. The fourth-order valence-electron chi connectivity index (χ4n) is 4.15. The van der Waals surface area contributed by atoms with Gasteiger partial charge in [0.25, 0.3) is 10.0 Å². The normalized spacial score (nSPS) is 18.8. The Morgan fingerprint density at radius 3 is 2.53 bits per heavy atom. The summed E-state index contributed by atoms with van der Waals surface area (Å²) < 4.78 is 34.0. The smallest absolute Gasteiger partial charge is 0.269 e. The van der Waals surface area contributed by atoms with E-state index in [2.05, 4.69) is 4.98 Å². The van der Waals surface area contributed by atoms with Crippen LogP contribution in [0, 0.1) is 0 Å². The van der Waals surface area contributed by atoms with Crippen molar-refractivity contribution in [1.29, 1.82) is 0 Å². The molecule has 4 rings (SSSR count). The molecule has 1 fully saturated rings. The zero-order chi connectivity index (χ0) is 24.6. The number of hydrogen-bond donors (Lipinski definition) is 0. The van der Waals surface area contributed by atoms with Crippen LogP contribution in [-0.4, -0.2) is 65.1 Å². The van der Waals surface area contributed by atoms with Crippen molar-refractivity contribution in [3.05, 3.63) is 65.3 Å². The van der Waals surface area contributed by atoms with E-state index in [1.807, 2.05) is 13.8 Å². The number of carbonyl (C=O) groups is 2. The summed E-state index contributed by atoms with van der Waals surface area (Å²) in [6.07, 6.45) is 4.82. The van der Waals surface area contributed by atoms with Gasteiger partial charge in [0.05, 0.1) is 7.11 Å². The fraction of sp³-hybridized carbons (Fsp3) is 0.348. The van der Waals surface area contributed by atoms with Gasteiger partial charge >= 0.3 is 0 Å². The fourth-order valence-corrected chi connectivity index (χ4v) is 6.02. The molecule has 0 radical (unpaired) electrons. The van der Waals surface area contributed by atoms with Gasteiger partial charge < -0.3 is 9.64 Å². The lowest BCUT2D eigenvalue weighted by Crippen LogP contribution is -2.61. The quantitative estimate of drug-likeness (QED) is 0.599. The molecule has 1 aromatic carbocycles. The predicted octanol–water partition coefficient (Wildman–Crippen LogP) is 2.63. The molecule has 34 heavy (non-hydrogen) atoms. The highest BCUT2D eigenvalue weighted by Gasteiger charge is 2.47. The summed E-state index contributed by atoms with van der Waals surface area (Å²) in [5.74, 6) is -0.324. The summed E-state index contributed by atoms with van der Waals surface area (Å²) in [5.41, 5.74) is 0.808. The van der Waals surface area contributed by atoms with Gasteiger partial charge in [-0.05, 0) is 49.7 Å². The van der Waals surface area contributed by atoms with E-state index in [9.17, 15) is 18.0 Å². The standard InChI is InChI=1S/C23H25ClN4O5S/c1-15(2)26-14-21-27(34(31,32)20-13-17(24)4-5-19(20)33-3)11-8-22(29)28(21)18(23(26)30)12-16-6-9-25-10-7-16/h4-7,9-10,13-15,18H,8,11-12H2,1-3H3. The summed E-state index contributed by atoms with van der Waals surface area (Å²) in [6, 6.07) is 6.73. The number of ether oxygens (including phenoxy) is 1. The van der Waals surface area contributed by atoms with E-state index in [0.717, 1.165) is 9.87 Å². The van der Waals surface area contributed by atoms with Crippen molar-refractivity contribution in [3.63, 3.8) is 0 Å². The van der Waals surface area contributed by atoms with Crippen molar-refractivity contribution in [2.75, 3.05) is 13.7 Å². The number of fused-ring (bicyclic) bond motifs is 1. The number of nitrogens with zero attached hydrogens (tertiary/aromatic N) is 4. The minimum absolute atomic E-state index is 0.0682. The minimum atomic E-state index is -4.17. The Morgan fingerprint density at radius 2 is 1.88 bits per heavy atom.